The van der Waals surface area contributed by atoms with Gasteiger partial charge in [0.15, 0.2) is 0 Å². The zero-order chi connectivity index (χ0) is 27.7. The van der Waals surface area contributed by atoms with Crippen LogP contribution >= 0.6 is 11.3 Å². The highest BCUT2D eigenvalue weighted by molar-refractivity contribution is 7.07. The molecule has 11 heteroatoms. The second kappa shape index (κ2) is 14.2. The molecule has 3 heterocycles. The summed E-state index contributed by atoms with van der Waals surface area (Å²) < 4.78 is 0. The Balaban J connectivity index is 1.49. The first-order chi connectivity index (χ1) is 18.2. The molecule has 4 amide bonds. The molecule has 0 radical (unpaired) electrons. The number of hydrogen-bond acceptors (Lipinski definition) is 7. The monoisotopic (exact) mass is 544 g/mol. The number of carbonyl (C=O) groups is 3. The van der Waals surface area contributed by atoms with Gasteiger partial charge in [-0.25, -0.2) is 15.3 Å². The fourth-order valence-electron chi connectivity index (χ4n) is 4.94. The van der Waals surface area contributed by atoms with Crippen LogP contribution in [0.2, 0.25) is 0 Å². The average Bonchev–Trinajstić information content (AvgIpc) is 3.40. The maximum atomic E-state index is 12.9. The third-order valence-corrected chi connectivity index (χ3v) is 7.72. The van der Waals surface area contributed by atoms with Gasteiger partial charge in [-0.05, 0) is 81.0 Å². The maximum absolute atomic E-state index is 12.9. The summed E-state index contributed by atoms with van der Waals surface area (Å²) >= 11 is 1.62. The van der Waals surface area contributed by atoms with E-state index in [4.69, 9.17) is 4.84 Å². The number of hydroxylamine groups is 1. The van der Waals surface area contributed by atoms with E-state index in [0.717, 1.165) is 43.5 Å². The van der Waals surface area contributed by atoms with Gasteiger partial charge in [0.1, 0.15) is 5.69 Å². The number of pyridine rings is 1. The Morgan fingerprint density at radius 3 is 2.55 bits per heavy atom. The molecule has 0 aromatic carbocycles. The molecule has 2 aromatic heterocycles. The molecule has 1 atom stereocenters. The average molecular weight is 545 g/mol. The molecule has 2 aromatic rings. The second-order valence-electron chi connectivity index (χ2n) is 9.68. The van der Waals surface area contributed by atoms with Crippen LogP contribution in [-0.2, 0) is 11.4 Å². The van der Waals surface area contributed by atoms with Crippen molar-refractivity contribution >= 4 is 29.2 Å². The number of nitrogens with one attached hydrogen (secondary N) is 3. The quantitative estimate of drug-likeness (QED) is 0.374. The third-order valence-electron chi connectivity index (χ3n) is 6.99. The number of carbonyl (C=O) groups excluding carboxylic acids is 3. The van der Waals surface area contributed by atoms with Crippen molar-refractivity contribution in [2.75, 3.05) is 33.3 Å². The number of likely N-dealkylation sites (tertiary alicyclic amines) is 1. The Labute approximate surface area is 229 Å². The summed E-state index contributed by atoms with van der Waals surface area (Å²) in [5.41, 5.74) is 5.71. The van der Waals surface area contributed by atoms with Crippen molar-refractivity contribution in [1.82, 2.24) is 30.9 Å². The third kappa shape index (κ3) is 7.75. The topological polar surface area (TPSA) is 116 Å². The normalized spacial score (nSPS) is 15.1. The van der Waals surface area contributed by atoms with E-state index >= 15 is 0 Å². The standard InChI is InChI=1S/C27H40N6O4S/c1-6-28-25(34)23-15-18(2)24(20(4)30-23)26(35)29-11-7-19(3)32-12-8-22(9-13-32)33(27(36)31-37-5)16-21-10-14-38-17-21/h10,14-15,17,19,22H,6-9,11-13,16H2,1-5H3,(H,28,34)(H,29,35)(H,31,36)/t19-/m1/s1. The summed E-state index contributed by atoms with van der Waals surface area (Å²) in [4.78, 5) is 51.2. The molecule has 1 aliphatic rings. The minimum atomic E-state index is -0.239. The summed E-state index contributed by atoms with van der Waals surface area (Å²) in [6.07, 6.45) is 2.56. The smallest absolute Gasteiger partial charge is 0.341 e. The molecule has 0 saturated carbocycles. The van der Waals surface area contributed by atoms with E-state index in [2.05, 4.69) is 38.3 Å². The predicted molar refractivity (Wildman–Crippen MR) is 148 cm³/mol. The largest absolute Gasteiger partial charge is 0.352 e. The summed E-state index contributed by atoms with van der Waals surface area (Å²) in [6, 6.07) is 3.91. The van der Waals surface area contributed by atoms with Crippen molar-refractivity contribution in [1.29, 1.82) is 0 Å². The molecule has 0 spiro atoms. The van der Waals surface area contributed by atoms with Gasteiger partial charge < -0.3 is 20.4 Å². The number of aryl methyl sites for hydroxylation is 2. The van der Waals surface area contributed by atoms with E-state index in [0.29, 0.717) is 36.6 Å². The predicted octanol–water partition coefficient (Wildman–Crippen LogP) is 3.26. The molecule has 0 bridgehead atoms. The summed E-state index contributed by atoms with van der Waals surface area (Å²) in [5, 5.41) is 9.85. The van der Waals surface area contributed by atoms with E-state index in [9.17, 15) is 14.4 Å². The number of rotatable bonds is 11. The number of amides is 4. The van der Waals surface area contributed by atoms with Gasteiger partial charge in [-0.3, -0.25) is 14.4 Å². The van der Waals surface area contributed by atoms with E-state index < -0.39 is 0 Å². The first-order valence-corrected chi connectivity index (χ1v) is 14.1. The van der Waals surface area contributed by atoms with E-state index in [1.54, 1.807) is 24.3 Å². The van der Waals surface area contributed by atoms with Gasteiger partial charge in [0.25, 0.3) is 11.8 Å². The molecule has 10 nitrogen and oxygen atoms in total. The molecular weight excluding hydrogens is 504 g/mol. The lowest BCUT2D eigenvalue weighted by atomic mass is 10.0. The molecular formula is C27H40N6O4S. The van der Waals surface area contributed by atoms with Crippen molar-refractivity contribution in [3.8, 4) is 0 Å². The van der Waals surface area contributed by atoms with E-state index in [1.165, 1.54) is 7.11 Å². The molecule has 0 unspecified atom stereocenters. The van der Waals surface area contributed by atoms with Crippen LogP contribution in [0.15, 0.2) is 22.9 Å². The molecule has 1 saturated heterocycles. The van der Waals surface area contributed by atoms with Gasteiger partial charge in [0.05, 0.1) is 18.4 Å². The molecule has 0 aliphatic carbocycles. The zero-order valence-electron chi connectivity index (χ0n) is 23.0. The highest BCUT2D eigenvalue weighted by Crippen LogP contribution is 2.22. The first-order valence-electron chi connectivity index (χ1n) is 13.1. The van der Waals surface area contributed by atoms with Crippen LogP contribution in [0.1, 0.15) is 70.8 Å². The molecule has 1 aliphatic heterocycles. The van der Waals surface area contributed by atoms with Crippen LogP contribution in [-0.4, -0.2) is 78.0 Å². The summed E-state index contributed by atoms with van der Waals surface area (Å²) in [6.45, 7) is 11.0. The number of hydrogen-bond donors (Lipinski definition) is 3. The van der Waals surface area contributed by atoms with Crippen LogP contribution in [0.5, 0.6) is 0 Å². The zero-order valence-corrected chi connectivity index (χ0v) is 23.8. The summed E-state index contributed by atoms with van der Waals surface area (Å²) in [7, 11) is 1.45. The number of thiophene rings is 1. The van der Waals surface area contributed by atoms with Crippen molar-refractivity contribution in [3.63, 3.8) is 0 Å². The highest BCUT2D eigenvalue weighted by atomic mass is 32.1. The van der Waals surface area contributed by atoms with Gasteiger partial charge in [-0.15, -0.1) is 0 Å². The van der Waals surface area contributed by atoms with Crippen molar-refractivity contribution in [3.05, 3.63) is 51.0 Å². The summed E-state index contributed by atoms with van der Waals surface area (Å²) in [5.74, 6) is -0.411. The fraction of sp³-hybridized carbons (Fsp3) is 0.556. The maximum Gasteiger partial charge on any atom is 0.341 e. The Morgan fingerprint density at radius 2 is 1.95 bits per heavy atom. The molecule has 3 rings (SSSR count). The lowest BCUT2D eigenvalue weighted by molar-refractivity contribution is 0.0565. The van der Waals surface area contributed by atoms with Gasteiger partial charge in [-0.1, -0.05) is 0 Å². The van der Waals surface area contributed by atoms with Gasteiger partial charge in [0.2, 0.25) is 0 Å². The van der Waals surface area contributed by atoms with Crippen LogP contribution in [0.3, 0.4) is 0 Å². The van der Waals surface area contributed by atoms with Crippen LogP contribution < -0.4 is 16.1 Å². The van der Waals surface area contributed by atoms with Crippen LogP contribution in [0.25, 0.3) is 0 Å². The Bertz CT molecular complexity index is 1060. The van der Waals surface area contributed by atoms with Crippen molar-refractivity contribution < 1.29 is 19.2 Å². The Hall–Kier alpha value is -3.02. The van der Waals surface area contributed by atoms with Gasteiger partial charge in [-0.2, -0.15) is 11.3 Å². The second-order valence-corrected chi connectivity index (χ2v) is 10.5. The Morgan fingerprint density at radius 1 is 1.21 bits per heavy atom. The van der Waals surface area contributed by atoms with Crippen molar-refractivity contribution in [2.45, 2.75) is 65.6 Å². The number of piperidine rings is 1. The number of nitrogens with zero attached hydrogens (tertiary/aromatic N) is 3. The molecule has 38 heavy (non-hydrogen) atoms. The molecule has 3 N–H and O–H groups in total. The lowest BCUT2D eigenvalue weighted by Gasteiger charge is -2.40. The van der Waals surface area contributed by atoms with Crippen LogP contribution in [0, 0.1) is 13.8 Å². The number of aromatic nitrogens is 1. The minimum Gasteiger partial charge on any atom is -0.352 e. The van der Waals surface area contributed by atoms with Crippen LogP contribution in [0.4, 0.5) is 4.79 Å². The Kier molecular flexibility index (Phi) is 11.1. The van der Waals surface area contributed by atoms with E-state index in [-0.39, 0.29) is 29.9 Å². The van der Waals surface area contributed by atoms with E-state index in [1.807, 2.05) is 30.2 Å². The van der Waals surface area contributed by atoms with Gasteiger partial charge >= 0.3 is 6.03 Å². The lowest BCUT2D eigenvalue weighted by Crippen LogP contribution is -2.51. The van der Waals surface area contributed by atoms with Crippen molar-refractivity contribution in [2.24, 2.45) is 0 Å². The minimum absolute atomic E-state index is 0.133. The van der Waals surface area contributed by atoms with Gasteiger partial charge in [0, 0.05) is 44.8 Å². The number of urea groups is 1. The molecule has 1 fully saturated rings. The highest BCUT2D eigenvalue weighted by Gasteiger charge is 2.30. The first kappa shape index (κ1) is 29.5. The fourth-order valence-corrected chi connectivity index (χ4v) is 5.60. The SMILES string of the molecule is CCNC(=O)c1cc(C)c(C(=O)NCC[C@@H](C)N2CCC(N(Cc3ccsc3)C(=O)NOC)CC2)c(C)n1. The molecule has 208 valence electrons.